The molecule has 170 valence electrons. The quantitative estimate of drug-likeness (QED) is 0.373. The van der Waals surface area contributed by atoms with Crippen LogP contribution in [0.15, 0.2) is 71.5 Å². The Morgan fingerprint density at radius 2 is 0.971 bits per heavy atom. The summed E-state index contributed by atoms with van der Waals surface area (Å²) in [5.41, 5.74) is 0.747. The van der Waals surface area contributed by atoms with Crippen LogP contribution < -0.4 is 9.80 Å². The Labute approximate surface area is 202 Å². The van der Waals surface area contributed by atoms with E-state index in [0.29, 0.717) is 21.7 Å². The Morgan fingerprint density at radius 1 is 0.618 bits per heavy atom. The van der Waals surface area contributed by atoms with Gasteiger partial charge >= 0.3 is 0 Å². The summed E-state index contributed by atoms with van der Waals surface area (Å²) in [6.07, 6.45) is 6.36. The fraction of sp³-hybridized carbons (Fsp3) is 0.182. The van der Waals surface area contributed by atoms with Gasteiger partial charge in [-0.2, -0.15) is 0 Å². The van der Waals surface area contributed by atoms with Gasteiger partial charge in [-0.1, -0.05) is 23.5 Å². The van der Waals surface area contributed by atoms with Gasteiger partial charge in [0, 0.05) is 37.6 Å². The number of anilines is 2. The van der Waals surface area contributed by atoms with Gasteiger partial charge < -0.3 is 0 Å². The molecule has 0 N–H and O–H groups in total. The van der Waals surface area contributed by atoms with Crippen LogP contribution in [-0.2, 0) is 19.2 Å². The van der Waals surface area contributed by atoms with Crippen LogP contribution in [0.1, 0.15) is 12.8 Å². The molecule has 5 rings (SSSR count). The summed E-state index contributed by atoms with van der Waals surface area (Å²) >= 11 is 2.28. The molecule has 12 heteroatoms. The Morgan fingerprint density at radius 3 is 1.32 bits per heavy atom. The van der Waals surface area contributed by atoms with Crippen molar-refractivity contribution in [2.24, 2.45) is 0 Å². The second-order valence-electron chi connectivity index (χ2n) is 7.34. The molecule has 4 heterocycles. The molecule has 2 fully saturated rings. The van der Waals surface area contributed by atoms with Crippen molar-refractivity contribution in [1.82, 2.24) is 19.9 Å². The minimum absolute atomic E-state index is 0.0348. The molecule has 10 nitrogen and oxygen atoms in total. The lowest BCUT2D eigenvalue weighted by Gasteiger charge is -2.18. The lowest BCUT2D eigenvalue weighted by atomic mass is 10.2. The van der Waals surface area contributed by atoms with Gasteiger partial charge in [-0.15, -0.1) is 0 Å². The number of rotatable bonds is 6. The zero-order valence-electron chi connectivity index (χ0n) is 17.5. The monoisotopic (exact) mass is 492 g/mol. The SMILES string of the molecule is O=C1CC(Sc2ncccn2)C(=O)N1c1ccc(N2C(=O)CC(Sc3ncccn3)C2=O)cc1. The average Bonchev–Trinajstić information content (AvgIpc) is 3.28. The molecular formula is C22H16N6O4S2. The Kier molecular flexibility index (Phi) is 6.07. The van der Waals surface area contributed by atoms with Gasteiger partial charge in [0.15, 0.2) is 10.3 Å². The van der Waals surface area contributed by atoms with Gasteiger partial charge in [-0.25, -0.2) is 29.7 Å². The zero-order valence-corrected chi connectivity index (χ0v) is 19.1. The first-order valence-electron chi connectivity index (χ1n) is 10.2. The zero-order chi connectivity index (χ0) is 23.7. The number of thioether (sulfide) groups is 2. The molecule has 0 radical (unpaired) electrons. The topological polar surface area (TPSA) is 126 Å². The van der Waals surface area contributed by atoms with Crippen LogP contribution in [0.4, 0.5) is 11.4 Å². The van der Waals surface area contributed by atoms with E-state index in [0.717, 1.165) is 33.3 Å². The number of benzene rings is 1. The minimum atomic E-state index is -0.616. The van der Waals surface area contributed by atoms with Crippen LogP contribution >= 0.6 is 23.5 Å². The number of carbonyl (C=O) groups is 4. The summed E-state index contributed by atoms with van der Waals surface area (Å²) < 4.78 is 0. The first-order valence-corrected chi connectivity index (χ1v) is 12.0. The first-order chi connectivity index (χ1) is 16.5. The minimum Gasteiger partial charge on any atom is -0.274 e. The normalized spacial score (nSPS) is 20.5. The summed E-state index contributed by atoms with van der Waals surface area (Å²) in [6.45, 7) is 0. The Hall–Kier alpha value is -3.64. The summed E-state index contributed by atoms with van der Waals surface area (Å²) in [6, 6.07) is 9.56. The van der Waals surface area contributed by atoms with Crippen LogP contribution in [0.25, 0.3) is 0 Å². The van der Waals surface area contributed by atoms with E-state index in [-0.39, 0.29) is 36.5 Å². The lowest BCUT2D eigenvalue weighted by Crippen LogP contribution is -2.32. The van der Waals surface area contributed by atoms with Crippen molar-refractivity contribution in [3.8, 4) is 0 Å². The highest BCUT2D eigenvalue weighted by Crippen LogP contribution is 2.35. The highest BCUT2D eigenvalue weighted by Gasteiger charge is 2.42. The van der Waals surface area contributed by atoms with Crippen molar-refractivity contribution in [2.75, 3.05) is 9.80 Å². The Balaban J connectivity index is 1.30. The molecule has 4 amide bonds. The van der Waals surface area contributed by atoms with E-state index in [2.05, 4.69) is 19.9 Å². The highest BCUT2D eigenvalue weighted by molar-refractivity contribution is 8.00. The molecule has 2 atom stereocenters. The van der Waals surface area contributed by atoms with Crippen molar-refractivity contribution >= 4 is 58.5 Å². The third-order valence-electron chi connectivity index (χ3n) is 5.16. The van der Waals surface area contributed by atoms with E-state index in [4.69, 9.17) is 0 Å². The molecule has 34 heavy (non-hydrogen) atoms. The third kappa shape index (κ3) is 4.29. The molecule has 2 aliphatic heterocycles. The number of nitrogens with zero attached hydrogens (tertiary/aromatic N) is 6. The highest BCUT2D eigenvalue weighted by atomic mass is 32.2. The molecule has 0 spiro atoms. The average molecular weight is 493 g/mol. The molecule has 2 unspecified atom stereocenters. The van der Waals surface area contributed by atoms with E-state index < -0.39 is 10.5 Å². The van der Waals surface area contributed by atoms with Crippen LogP contribution in [0.3, 0.4) is 0 Å². The summed E-state index contributed by atoms with van der Waals surface area (Å²) in [5.74, 6) is -1.39. The van der Waals surface area contributed by atoms with Crippen molar-refractivity contribution < 1.29 is 19.2 Å². The smallest absolute Gasteiger partial charge is 0.247 e. The maximum atomic E-state index is 12.9. The van der Waals surface area contributed by atoms with Gasteiger partial charge in [0.25, 0.3) is 0 Å². The second-order valence-corrected chi connectivity index (χ2v) is 9.67. The number of amides is 4. The number of imide groups is 2. The van der Waals surface area contributed by atoms with Crippen LogP contribution in [-0.4, -0.2) is 54.1 Å². The van der Waals surface area contributed by atoms with Gasteiger partial charge in [-0.3, -0.25) is 19.2 Å². The van der Waals surface area contributed by atoms with Crippen molar-refractivity contribution in [3.05, 3.63) is 61.2 Å². The molecule has 2 saturated heterocycles. The molecule has 2 aliphatic rings. The van der Waals surface area contributed by atoms with Gasteiger partial charge in [0.05, 0.1) is 11.4 Å². The van der Waals surface area contributed by atoms with Crippen LogP contribution in [0.5, 0.6) is 0 Å². The summed E-state index contributed by atoms with van der Waals surface area (Å²) in [5, 5.41) is -0.390. The standard InChI is InChI=1S/C22H16N6O4S2/c29-17-11-15(33-21-23-7-1-8-24-21)19(31)27(17)13-3-5-14(6-4-13)28-18(30)12-16(20(28)32)34-22-25-9-2-10-26-22/h1-10,15-16H,11-12H2. The third-order valence-corrected chi connectivity index (χ3v) is 7.31. The largest absolute Gasteiger partial charge is 0.274 e. The van der Waals surface area contributed by atoms with Crippen molar-refractivity contribution in [1.29, 1.82) is 0 Å². The van der Waals surface area contributed by atoms with E-state index in [9.17, 15) is 19.2 Å². The number of hydrogen-bond acceptors (Lipinski definition) is 10. The van der Waals surface area contributed by atoms with E-state index in [1.54, 1.807) is 61.2 Å². The second kappa shape index (κ2) is 9.31. The lowest BCUT2D eigenvalue weighted by molar-refractivity contribution is -0.122. The van der Waals surface area contributed by atoms with Gasteiger partial charge in [0.2, 0.25) is 23.6 Å². The molecule has 0 aliphatic carbocycles. The number of aromatic nitrogens is 4. The van der Waals surface area contributed by atoms with Gasteiger partial charge in [0.1, 0.15) is 10.5 Å². The van der Waals surface area contributed by atoms with E-state index in [1.165, 1.54) is 0 Å². The molecule has 2 aromatic heterocycles. The van der Waals surface area contributed by atoms with Crippen molar-refractivity contribution in [3.63, 3.8) is 0 Å². The Bertz CT molecular complexity index is 1160. The fourth-order valence-corrected chi connectivity index (χ4v) is 5.49. The molecule has 0 saturated carbocycles. The van der Waals surface area contributed by atoms with Crippen molar-refractivity contribution in [2.45, 2.75) is 33.7 Å². The number of hydrogen-bond donors (Lipinski definition) is 0. The van der Waals surface area contributed by atoms with Crippen LogP contribution in [0.2, 0.25) is 0 Å². The predicted molar refractivity (Wildman–Crippen MR) is 124 cm³/mol. The molecule has 3 aromatic rings. The molecule has 1 aromatic carbocycles. The summed E-state index contributed by atoms with van der Waals surface area (Å²) in [4.78, 5) is 69.5. The first kappa shape index (κ1) is 22.2. The van der Waals surface area contributed by atoms with Gasteiger partial charge in [-0.05, 0) is 36.4 Å². The molecular weight excluding hydrogens is 476 g/mol. The molecule has 0 bridgehead atoms. The summed E-state index contributed by atoms with van der Waals surface area (Å²) in [7, 11) is 0. The maximum Gasteiger partial charge on any atom is 0.247 e. The van der Waals surface area contributed by atoms with Crippen LogP contribution in [0, 0.1) is 0 Å². The van der Waals surface area contributed by atoms with E-state index in [1.807, 2.05) is 0 Å². The predicted octanol–water partition coefficient (Wildman–Crippen LogP) is 2.11. The number of carbonyl (C=O) groups excluding carboxylic acids is 4. The fourth-order valence-electron chi connectivity index (χ4n) is 3.63. The maximum absolute atomic E-state index is 12.9. The van der Waals surface area contributed by atoms with E-state index >= 15 is 0 Å².